The highest BCUT2D eigenvalue weighted by atomic mass is 32.3. The van der Waals surface area contributed by atoms with Crippen molar-refractivity contribution in [2.45, 2.75) is 222 Å². The molecule has 0 radical (unpaired) electrons. The molecule has 2 N–H and O–H groups in total. The van der Waals surface area contributed by atoms with Crippen molar-refractivity contribution in [1.29, 1.82) is 0 Å². The van der Waals surface area contributed by atoms with Gasteiger partial charge in [-0.05, 0) is 124 Å². The summed E-state index contributed by atoms with van der Waals surface area (Å²) in [6, 6.07) is 19.7. The molecule has 530 valence electrons. The second kappa shape index (κ2) is 34.2. The lowest BCUT2D eigenvalue weighted by molar-refractivity contribution is -0.190. The normalized spacial score (nSPS) is 18.2. The average Bonchev–Trinajstić information content (AvgIpc) is 1.17. The molecule has 34 heteroatoms. The average molecular weight is 1430 g/mol. The maximum atomic E-state index is 13.5. The molecular weight excluding hydrogens is 1340 g/mol. The number of ether oxygens (including phenoxy) is 11. The van der Waals surface area contributed by atoms with Gasteiger partial charge in [0.2, 0.25) is 0 Å². The van der Waals surface area contributed by atoms with Crippen LogP contribution in [0.3, 0.4) is 0 Å². The van der Waals surface area contributed by atoms with Crippen LogP contribution in [0.5, 0.6) is 0 Å². The summed E-state index contributed by atoms with van der Waals surface area (Å²) in [6.07, 6.45) is -20.0. The second-order valence-electron chi connectivity index (χ2n) is 23.3. The first-order valence-corrected chi connectivity index (χ1v) is 36.0. The summed E-state index contributed by atoms with van der Waals surface area (Å²) in [6.45, 7) is 22.9. The molecule has 96 heavy (non-hydrogen) atoms. The fourth-order valence-corrected chi connectivity index (χ4v) is 18.6. The number of rotatable bonds is 31. The lowest BCUT2D eigenvalue weighted by atomic mass is 10.1. The van der Waals surface area contributed by atoms with Crippen molar-refractivity contribution in [2.75, 3.05) is 6.54 Å². The van der Waals surface area contributed by atoms with Gasteiger partial charge in [0.05, 0.1) is 5.25 Å². The number of esters is 11. The number of benzene rings is 2. The maximum Gasteiger partial charge on any atom is 0.347 e. The minimum absolute atomic E-state index is 0.164. The summed E-state index contributed by atoms with van der Waals surface area (Å²) in [4.78, 5) is 155. The van der Waals surface area contributed by atoms with Crippen molar-refractivity contribution < 1.29 is 131 Å². The van der Waals surface area contributed by atoms with Crippen molar-refractivity contribution in [2.24, 2.45) is 0 Å². The fraction of sp³-hybridized carbons (Fsp3) is 0.548. The lowest BCUT2D eigenvalue weighted by Crippen LogP contribution is -2.68. The zero-order chi connectivity index (χ0) is 72.7. The summed E-state index contributed by atoms with van der Waals surface area (Å²) < 4.78 is 116. The van der Waals surface area contributed by atoms with E-state index in [-0.39, 0.29) is 16.2 Å². The van der Waals surface area contributed by atoms with E-state index in [4.69, 9.17) is 56.5 Å². The van der Waals surface area contributed by atoms with Crippen molar-refractivity contribution in [3.63, 3.8) is 0 Å². The van der Waals surface area contributed by atoms with E-state index in [2.05, 4.69) is 5.32 Å². The van der Waals surface area contributed by atoms with Gasteiger partial charge < -0.3 is 61.8 Å². The number of thiophene rings is 1. The highest BCUT2D eigenvalue weighted by Crippen LogP contribution is 2.43. The number of hydrogen-bond donors (Lipinski definition) is 2. The molecule has 0 fully saturated rings. The van der Waals surface area contributed by atoms with Gasteiger partial charge in [0.15, 0.2) is 77.0 Å². The molecule has 1 aliphatic rings. The Morgan fingerprint density at radius 2 is 0.750 bits per heavy atom. The molecule has 0 spiro atoms. The van der Waals surface area contributed by atoms with Crippen LogP contribution in [0, 0.1) is 0 Å². The minimum Gasteiger partial charge on any atom is -0.450 e. The topological polar surface area (TPSA) is 408 Å². The first-order valence-electron chi connectivity index (χ1n) is 30.2. The second-order valence-corrected chi connectivity index (χ2v) is 33.0. The van der Waals surface area contributed by atoms with Gasteiger partial charge in [-0.15, -0.1) is 11.3 Å². The van der Waals surface area contributed by atoms with E-state index in [9.17, 15) is 74.4 Å². The van der Waals surface area contributed by atoms with Crippen LogP contribution in [0.4, 0.5) is 0 Å². The first kappa shape index (κ1) is 80.3. The zero-order valence-electron chi connectivity index (χ0n) is 56.0. The molecular formula is C62H82N2O28S3Si. The Morgan fingerprint density at radius 1 is 0.479 bits per heavy atom. The van der Waals surface area contributed by atoms with Crippen LogP contribution in [-0.2, 0) is 134 Å². The molecule has 0 saturated heterocycles. The number of amides is 1. The van der Waals surface area contributed by atoms with E-state index in [0.29, 0.717) is 17.9 Å². The van der Waals surface area contributed by atoms with Gasteiger partial charge in [0.1, 0.15) is 14.5 Å². The quantitative estimate of drug-likeness (QED) is 0.0531. The van der Waals surface area contributed by atoms with E-state index in [1.165, 1.54) is 20.8 Å². The SMILES string of the molecule is CCN[C@H]1C[C@H](C)S(=O)(=O)c2sc(S(=O)(=O)NC(=O)[C@H](C)OC(=O)[C@H](C)OC(=O)[C@H](C)OC(=O)[C@H](C)OC(=O)[C@H](C)OC(=O)[C@H](C)OC(=O)[C@H](C)OC(=O)[C@H](C)OC(=O)[C@H](C)OC(=O)[C@H](C)OC(=O)[C@H](C)OC(=O)[C@H](C)O[Si](c3ccccc3)(c3ccccc3)C(C)(C)C)cc21. The fourth-order valence-electron chi connectivity index (χ4n) is 8.95. The number of fused-ring (bicyclic) bond motifs is 1. The predicted octanol–water partition coefficient (Wildman–Crippen LogP) is 2.98. The highest BCUT2D eigenvalue weighted by Gasteiger charge is 2.52. The highest BCUT2D eigenvalue weighted by molar-refractivity contribution is 7.95. The number of carbonyl (C=O) groups is 12. The molecule has 0 bridgehead atoms. The van der Waals surface area contributed by atoms with Gasteiger partial charge in [-0.1, -0.05) is 88.4 Å². The van der Waals surface area contributed by atoms with Crippen LogP contribution >= 0.6 is 11.3 Å². The summed E-state index contributed by atoms with van der Waals surface area (Å²) in [5.74, 6) is -15.1. The monoisotopic (exact) mass is 1430 g/mol. The Bertz CT molecular complexity index is 3540. The van der Waals surface area contributed by atoms with Gasteiger partial charge in [0, 0.05) is 11.6 Å². The maximum absolute atomic E-state index is 13.5. The van der Waals surface area contributed by atoms with E-state index < -0.39 is 194 Å². The minimum atomic E-state index is -4.68. The van der Waals surface area contributed by atoms with Gasteiger partial charge >= 0.3 is 65.7 Å². The smallest absolute Gasteiger partial charge is 0.347 e. The standard InChI is InChI=1S/C62H82N2O28S3Si/c1-18-63-47-29-31(2)94(77,78)61-46(47)30-48(93-61)95(79,80)64-49(65)32(3)81-50(66)33(4)82-51(67)34(5)83-52(68)35(6)84-53(69)36(7)85-54(70)37(8)86-55(71)38(9)87-56(72)39(10)88-57(73)40(11)89-58(74)41(12)90-59(75)42(13)91-60(76)43(14)92-96(62(15,16)17,44-25-21-19-22-26-44)45-27-23-20-24-28-45/h19-28,30-43,47,63H,18,29H2,1-17H3,(H,64,65)/t31-,32-,33-,34-,35-,36-,37-,38-,39-,40-,41-,42-,43-,47-/m0/s1. The predicted molar refractivity (Wildman–Crippen MR) is 337 cm³/mol. The van der Waals surface area contributed by atoms with Crippen LogP contribution in [0.1, 0.15) is 136 Å². The Hall–Kier alpha value is -8.18. The van der Waals surface area contributed by atoms with Gasteiger partial charge in [-0.3, -0.25) is 4.79 Å². The molecule has 0 unspecified atom stereocenters. The Morgan fingerprint density at radius 3 is 1.02 bits per heavy atom. The van der Waals surface area contributed by atoms with E-state index in [0.717, 1.165) is 85.7 Å². The van der Waals surface area contributed by atoms with Gasteiger partial charge in [-0.2, -0.15) is 0 Å². The zero-order valence-corrected chi connectivity index (χ0v) is 59.5. The van der Waals surface area contributed by atoms with Crippen molar-refractivity contribution in [1.82, 2.24) is 10.0 Å². The van der Waals surface area contributed by atoms with Crippen LogP contribution in [0.15, 0.2) is 75.1 Å². The van der Waals surface area contributed by atoms with Crippen molar-refractivity contribution in [3.05, 3.63) is 72.3 Å². The Kier molecular flexibility index (Phi) is 28.6. The lowest BCUT2D eigenvalue weighted by Gasteiger charge is -2.44. The molecule has 4 rings (SSSR count). The summed E-state index contributed by atoms with van der Waals surface area (Å²) >= 11 is 0.459. The third kappa shape index (κ3) is 20.9. The van der Waals surface area contributed by atoms with E-state index >= 15 is 0 Å². The van der Waals surface area contributed by atoms with E-state index in [1.807, 2.05) is 81.4 Å². The summed E-state index contributed by atoms with van der Waals surface area (Å²) in [5, 5.41) is 3.60. The molecule has 1 aliphatic heterocycles. The molecule has 0 aliphatic carbocycles. The number of nitrogens with one attached hydrogen (secondary N) is 2. The first-order chi connectivity index (χ1) is 44.5. The van der Waals surface area contributed by atoms with Crippen molar-refractivity contribution >= 4 is 121 Å². The number of sulfone groups is 1. The summed E-state index contributed by atoms with van der Waals surface area (Å²) in [7, 11) is -11.8. The van der Waals surface area contributed by atoms with Crippen LogP contribution < -0.4 is 20.4 Å². The van der Waals surface area contributed by atoms with Gasteiger partial charge in [0.25, 0.3) is 24.2 Å². The number of sulfonamides is 1. The molecule has 1 aromatic heterocycles. The molecule has 2 aromatic carbocycles. The van der Waals surface area contributed by atoms with Crippen LogP contribution in [0.2, 0.25) is 5.04 Å². The van der Waals surface area contributed by atoms with Crippen LogP contribution in [-0.4, -0.2) is 182 Å². The van der Waals surface area contributed by atoms with Crippen LogP contribution in [0.25, 0.3) is 0 Å². The van der Waals surface area contributed by atoms with E-state index in [1.54, 1.807) is 11.6 Å². The summed E-state index contributed by atoms with van der Waals surface area (Å²) in [5.41, 5.74) is 0.232. The molecule has 2 heterocycles. The Labute approximate surface area is 560 Å². The largest absolute Gasteiger partial charge is 0.450 e. The van der Waals surface area contributed by atoms with Gasteiger partial charge in [-0.25, -0.2) is 74.3 Å². The molecule has 14 atom stereocenters. The molecule has 3 aromatic rings. The third-order valence-electron chi connectivity index (χ3n) is 14.4. The number of hydrogen-bond acceptors (Lipinski definition) is 30. The van der Waals surface area contributed by atoms with Crippen molar-refractivity contribution in [3.8, 4) is 0 Å². The Balaban J connectivity index is 1.16. The molecule has 1 amide bonds. The third-order valence-corrected chi connectivity index (χ3v) is 25.2. The molecule has 0 saturated carbocycles. The number of carbonyl (C=O) groups excluding carboxylic acids is 12. The molecule has 30 nitrogen and oxygen atoms in total.